The largest absolute Gasteiger partial charge is 0.385 e. The van der Waals surface area contributed by atoms with Gasteiger partial charge in [0.1, 0.15) is 0 Å². The fraction of sp³-hybridized carbons (Fsp3) is 0.357. The van der Waals surface area contributed by atoms with Gasteiger partial charge < -0.3 is 10.1 Å². The number of rotatable bonds is 5. The first kappa shape index (κ1) is 12.0. The van der Waals surface area contributed by atoms with E-state index < -0.39 is 0 Å². The maximum Gasteiger partial charge on any atom is 0.0702 e. The van der Waals surface area contributed by atoms with Gasteiger partial charge in [0.05, 0.1) is 5.52 Å². The third kappa shape index (κ3) is 2.81. The maximum absolute atomic E-state index is 5.13. The Morgan fingerprint density at radius 3 is 3.00 bits per heavy atom. The van der Waals surface area contributed by atoms with E-state index in [-0.39, 0.29) is 0 Å². The summed E-state index contributed by atoms with van der Waals surface area (Å²) in [6.07, 6.45) is 2.79. The lowest BCUT2D eigenvalue weighted by Crippen LogP contribution is -2.18. The van der Waals surface area contributed by atoms with Crippen molar-refractivity contribution in [3.05, 3.63) is 42.1 Å². The number of benzene rings is 1. The third-order valence-electron chi connectivity index (χ3n) is 2.99. The topological polar surface area (TPSA) is 34.1 Å². The highest BCUT2D eigenvalue weighted by Crippen LogP contribution is 2.21. The van der Waals surface area contributed by atoms with Crippen molar-refractivity contribution in [2.45, 2.75) is 12.5 Å². The van der Waals surface area contributed by atoms with Crippen LogP contribution in [-0.4, -0.2) is 25.7 Å². The Hall–Kier alpha value is -1.45. The van der Waals surface area contributed by atoms with Gasteiger partial charge in [-0.15, -0.1) is 0 Å². The van der Waals surface area contributed by atoms with E-state index in [1.165, 1.54) is 10.9 Å². The Morgan fingerprint density at radius 2 is 2.24 bits per heavy atom. The van der Waals surface area contributed by atoms with E-state index in [0.717, 1.165) is 18.5 Å². The lowest BCUT2D eigenvalue weighted by atomic mass is 10.0. The molecule has 0 aliphatic heterocycles. The quantitative estimate of drug-likeness (QED) is 0.857. The Labute approximate surface area is 102 Å². The summed E-state index contributed by atoms with van der Waals surface area (Å²) in [5, 5.41) is 4.50. The smallest absolute Gasteiger partial charge is 0.0702 e. The summed E-state index contributed by atoms with van der Waals surface area (Å²) in [7, 11) is 3.71. The van der Waals surface area contributed by atoms with E-state index in [1.54, 1.807) is 7.11 Å². The molecule has 1 aromatic heterocycles. The lowest BCUT2D eigenvalue weighted by molar-refractivity contribution is 0.184. The van der Waals surface area contributed by atoms with Crippen molar-refractivity contribution >= 4 is 10.9 Å². The summed E-state index contributed by atoms with van der Waals surface area (Å²) in [6.45, 7) is 0.760. The van der Waals surface area contributed by atoms with Gasteiger partial charge in [-0.2, -0.15) is 0 Å². The molecule has 1 atom stereocenters. The zero-order valence-electron chi connectivity index (χ0n) is 10.3. The first-order valence-corrected chi connectivity index (χ1v) is 5.86. The third-order valence-corrected chi connectivity index (χ3v) is 2.99. The molecule has 90 valence electrons. The zero-order valence-corrected chi connectivity index (χ0v) is 10.3. The molecule has 1 unspecified atom stereocenters. The number of methoxy groups -OCH3 is 1. The van der Waals surface area contributed by atoms with Crippen LogP contribution in [0, 0.1) is 0 Å². The van der Waals surface area contributed by atoms with Crippen LogP contribution < -0.4 is 5.32 Å². The normalized spacial score (nSPS) is 12.8. The average Bonchev–Trinajstić information content (AvgIpc) is 2.39. The molecule has 0 aliphatic carbocycles. The Morgan fingerprint density at radius 1 is 1.35 bits per heavy atom. The number of aromatic nitrogens is 1. The summed E-state index contributed by atoms with van der Waals surface area (Å²) in [6, 6.07) is 10.8. The molecule has 1 aromatic carbocycles. The molecule has 1 heterocycles. The molecule has 1 N–H and O–H groups in total. The first-order chi connectivity index (χ1) is 8.35. The van der Waals surface area contributed by atoms with Crippen LogP contribution in [-0.2, 0) is 4.74 Å². The van der Waals surface area contributed by atoms with Crippen LogP contribution in [0.15, 0.2) is 36.5 Å². The van der Waals surface area contributed by atoms with E-state index >= 15 is 0 Å². The highest BCUT2D eigenvalue weighted by atomic mass is 16.5. The van der Waals surface area contributed by atoms with Gasteiger partial charge in [-0.3, -0.25) is 4.98 Å². The molecule has 0 aliphatic rings. The van der Waals surface area contributed by atoms with Crippen molar-refractivity contribution < 1.29 is 4.74 Å². The van der Waals surface area contributed by atoms with Crippen LogP contribution in [0.3, 0.4) is 0 Å². The van der Waals surface area contributed by atoms with Gasteiger partial charge in [-0.1, -0.05) is 12.1 Å². The molecule has 2 aromatic rings. The van der Waals surface area contributed by atoms with Gasteiger partial charge >= 0.3 is 0 Å². The number of hydrogen-bond donors (Lipinski definition) is 1. The van der Waals surface area contributed by atoms with Crippen LogP contribution in [0.4, 0.5) is 0 Å². The molecular formula is C14H18N2O. The van der Waals surface area contributed by atoms with E-state index in [0.29, 0.717) is 6.04 Å². The minimum Gasteiger partial charge on any atom is -0.385 e. The molecule has 17 heavy (non-hydrogen) atoms. The predicted octanol–water partition coefficient (Wildman–Crippen LogP) is 2.53. The first-order valence-electron chi connectivity index (χ1n) is 5.86. The molecule has 0 radical (unpaired) electrons. The number of nitrogens with zero attached hydrogens (tertiary/aromatic N) is 1. The van der Waals surface area contributed by atoms with Crippen molar-refractivity contribution in [3.8, 4) is 0 Å². The second-order valence-electron chi connectivity index (χ2n) is 4.08. The van der Waals surface area contributed by atoms with Crippen LogP contribution in [0.25, 0.3) is 10.9 Å². The maximum atomic E-state index is 5.13. The minimum atomic E-state index is 0.333. The SMILES string of the molecule is CNC(CCOC)c1ccc2ncccc2c1. The van der Waals surface area contributed by atoms with Gasteiger partial charge in [-0.25, -0.2) is 0 Å². The van der Waals surface area contributed by atoms with Crippen molar-refractivity contribution in [1.82, 2.24) is 10.3 Å². The standard InChI is InChI=1S/C14H18N2O/c1-15-13(7-9-17-2)12-5-6-14-11(10-12)4-3-8-16-14/h3-6,8,10,13,15H,7,9H2,1-2H3. The predicted molar refractivity (Wildman–Crippen MR) is 70.0 cm³/mol. The van der Waals surface area contributed by atoms with Crippen LogP contribution in [0.1, 0.15) is 18.0 Å². The summed E-state index contributed by atoms with van der Waals surface area (Å²) < 4.78 is 5.13. The van der Waals surface area contributed by atoms with Gasteiger partial charge in [-0.05, 0) is 37.2 Å². The van der Waals surface area contributed by atoms with Crippen molar-refractivity contribution in [2.24, 2.45) is 0 Å². The molecule has 0 fully saturated rings. The summed E-state index contributed by atoms with van der Waals surface area (Å²) in [5.74, 6) is 0. The van der Waals surface area contributed by atoms with Crippen LogP contribution in [0.2, 0.25) is 0 Å². The van der Waals surface area contributed by atoms with Crippen LogP contribution in [0.5, 0.6) is 0 Å². The number of ether oxygens (including phenoxy) is 1. The molecule has 0 saturated carbocycles. The zero-order chi connectivity index (χ0) is 12.1. The molecule has 2 rings (SSSR count). The van der Waals surface area contributed by atoms with Gasteiger partial charge in [0, 0.05) is 31.3 Å². The van der Waals surface area contributed by atoms with Crippen molar-refractivity contribution in [3.63, 3.8) is 0 Å². The summed E-state index contributed by atoms with van der Waals surface area (Å²) >= 11 is 0. The molecule has 0 bridgehead atoms. The van der Waals surface area contributed by atoms with E-state index in [2.05, 4.69) is 34.6 Å². The number of hydrogen-bond acceptors (Lipinski definition) is 3. The summed E-state index contributed by atoms with van der Waals surface area (Å²) in [4.78, 5) is 4.32. The van der Waals surface area contributed by atoms with Crippen molar-refractivity contribution in [1.29, 1.82) is 0 Å². The molecule has 3 nitrogen and oxygen atoms in total. The Balaban J connectivity index is 2.27. The number of fused-ring (bicyclic) bond motifs is 1. The summed E-state index contributed by atoms with van der Waals surface area (Å²) in [5.41, 5.74) is 2.32. The number of pyridine rings is 1. The molecule has 0 amide bonds. The minimum absolute atomic E-state index is 0.333. The van der Waals surface area contributed by atoms with Crippen molar-refractivity contribution in [2.75, 3.05) is 20.8 Å². The van der Waals surface area contributed by atoms with Crippen LogP contribution >= 0.6 is 0 Å². The molecule has 3 heteroatoms. The van der Waals surface area contributed by atoms with E-state index in [4.69, 9.17) is 4.74 Å². The molecular weight excluding hydrogens is 212 g/mol. The average molecular weight is 230 g/mol. The molecule has 0 saturated heterocycles. The fourth-order valence-corrected chi connectivity index (χ4v) is 2.02. The van der Waals surface area contributed by atoms with Gasteiger partial charge in [0.25, 0.3) is 0 Å². The fourth-order valence-electron chi connectivity index (χ4n) is 2.02. The van der Waals surface area contributed by atoms with Gasteiger partial charge in [0.2, 0.25) is 0 Å². The molecule has 0 spiro atoms. The van der Waals surface area contributed by atoms with E-state index in [1.807, 2.05) is 19.3 Å². The second-order valence-corrected chi connectivity index (χ2v) is 4.08. The Kier molecular flexibility index (Phi) is 4.07. The number of nitrogens with one attached hydrogen (secondary N) is 1. The van der Waals surface area contributed by atoms with Gasteiger partial charge in [0.15, 0.2) is 0 Å². The lowest BCUT2D eigenvalue weighted by Gasteiger charge is -2.16. The van der Waals surface area contributed by atoms with E-state index in [9.17, 15) is 0 Å². The highest BCUT2D eigenvalue weighted by Gasteiger charge is 2.09. The highest BCUT2D eigenvalue weighted by molar-refractivity contribution is 5.79. The monoisotopic (exact) mass is 230 g/mol. The Bertz CT molecular complexity index is 484. The second kappa shape index (κ2) is 5.75.